The summed E-state index contributed by atoms with van der Waals surface area (Å²) in [5.74, 6) is 0.831. The fourth-order valence-electron chi connectivity index (χ4n) is 1.97. The average Bonchev–Trinajstić information content (AvgIpc) is 2.24. The van der Waals surface area contributed by atoms with Crippen LogP contribution in [-0.4, -0.2) is 16.1 Å². The van der Waals surface area contributed by atoms with Crippen LogP contribution in [0.15, 0.2) is 24.3 Å². The molecule has 1 nitrogen and oxygen atoms in total. The summed E-state index contributed by atoms with van der Waals surface area (Å²) in [7, 11) is 0. The van der Waals surface area contributed by atoms with Crippen molar-refractivity contribution in [2.45, 2.75) is 37.5 Å². The van der Waals surface area contributed by atoms with Crippen LogP contribution in [0.2, 0.25) is 0 Å². The van der Waals surface area contributed by atoms with Crippen LogP contribution in [-0.2, 0) is 5.60 Å². The molecule has 0 amide bonds. The van der Waals surface area contributed by atoms with Gasteiger partial charge in [0.05, 0.1) is 5.60 Å². The van der Waals surface area contributed by atoms with Crippen LogP contribution in [0, 0.1) is 6.92 Å². The van der Waals surface area contributed by atoms with Crippen molar-refractivity contribution in [2.24, 2.45) is 0 Å². The highest BCUT2D eigenvalue weighted by Gasteiger charge is 2.33. The molecule has 0 saturated carbocycles. The molecule has 1 aliphatic rings. The summed E-state index contributed by atoms with van der Waals surface area (Å²) < 4.78 is 0. The molecule has 1 aromatic carbocycles. The minimum Gasteiger partial charge on any atom is -0.384 e. The molecule has 2 atom stereocenters. The van der Waals surface area contributed by atoms with Gasteiger partial charge in [-0.25, -0.2) is 0 Å². The van der Waals surface area contributed by atoms with E-state index in [0.717, 1.165) is 24.2 Å². The van der Waals surface area contributed by atoms with Crippen molar-refractivity contribution in [3.05, 3.63) is 35.4 Å². The first-order valence-electron chi connectivity index (χ1n) is 5.51. The summed E-state index contributed by atoms with van der Waals surface area (Å²) in [5, 5.41) is 11.2. The molecule has 2 heteroatoms. The second-order valence-electron chi connectivity index (χ2n) is 4.56. The molecule has 82 valence electrons. The fraction of sp³-hybridized carbons (Fsp3) is 0.538. The summed E-state index contributed by atoms with van der Waals surface area (Å²) in [4.78, 5) is 0. The maximum Gasteiger partial charge on any atom is 0.0987 e. The highest BCUT2D eigenvalue weighted by Crippen LogP contribution is 2.38. The SMILES string of the molecule is Cc1ccc([C@@]2(O)CC[C@@H](C)SC2)cc1. The van der Waals surface area contributed by atoms with Gasteiger partial charge in [-0.1, -0.05) is 36.8 Å². The number of aliphatic hydroxyl groups is 1. The first-order chi connectivity index (χ1) is 7.10. The third-order valence-electron chi connectivity index (χ3n) is 3.16. The number of benzene rings is 1. The Hall–Kier alpha value is -0.470. The van der Waals surface area contributed by atoms with E-state index in [-0.39, 0.29) is 0 Å². The van der Waals surface area contributed by atoms with Crippen molar-refractivity contribution in [1.29, 1.82) is 0 Å². The van der Waals surface area contributed by atoms with Gasteiger partial charge >= 0.3 is 0 Å². The summed E-state index contributed by atoms with van der Waals surface area (Å²) in [6.07, 6.45) is 2.00. The van der Waals surface area contributed by atoms with E-state index in [1.165, 1.54) is 5.56 Å². The Balaban J connectivity index is 2.18. The molecule has 1 heterocycles. The van der Waals surface area contributed by atoms with Crippen molar-refractivity contribution >= 4 is 11.8 Å². The van der Waals surface area contributed by atoms with Crippen molar-refractivity contribution < 1.29 is 5.11 Å². The number of hydrogen-bond acceptors (Lipinski definition) is 2. The van der Waals surface area contributed by atoms with Gasteiger partial charge in [-0.15, -0.1) is 0 Å². The maximum absolute atomic E-state index is 10.5. The number of hydrogen-bond donors (Lipinski definition) is 1. The van der Waals surface area contributed by atoms with E-state index >= 15 is 0 Å². The molecular formula is C13H18OS. The fourth-order valence-corrected chi connectivity index (χ4v) is 3.12. The van der Waals surface area contributed by atoms with E-state index < -0.39 is 5.60 Å². The minimum absolute atomic E-state index is 0.592. The van der Waals surface area contributed by atoms with Crippen molar-refractivity contribution in [3.63, 3.8) is 0 Å². The van der Waals surface area contributed by atoms with E-state index in [0.29, 0.717) is 5.25 Å². The predicted molar refractivity (Wildman–Crippen MR) is 66.2 cm³/mol. The highest BCUT2D eigenvalue weighted by atomic mass is 32.2. The first kappa shape index (κ1) is 11.0. The summed E-state index contributed by atoms with van der Waals surface area (Å²) in [5.41, 5.74) is 1.73. The number of thioether (sulfide) groups is 1. The molecule has 1 fully saturated rings. The van der Waals surface area contributed by atoms with Gasteiger partial charge in [0, 0.05) is 11.0 Å². The van der Waals surface area contributed by atoms with Gasteiger partial charge in [-0.05, 0) is 25.3 Å². The lowest BCUT2D eigenvalue weighted by molar-refractivity contribution is 0.0471. The summed E-state index contributed by atoms with van der Waals surface area (Å²) >= 11 is 1.87. The minimum atomic E-state index is -0.592. The molecule has 1 saturated heterocycles. The van der Waals surface area contributed by atoms with Crippen LogP contribution in [0.25, 0.3) is 0 Å². The third-order valence-corrected chi connectivity index (χ3v) is 4.61. The molecule has 15 heavy (non-hydrogen) atoms. The van der Waals surface area contributed by atoms with Crippen LogP contribution in [0.5, 0.6) is 0 Å². The zero-order valence-corrected chi connectivity index (χ0v) is 10.2. The largest absolute Gasteiger partial charge is 0.384 e. The second kappa shape index (κ2) is 4.18. The van der Waals surface area contributed by atoms with Gasteiger partial charge in [0.1, 0.15) is 0 Å². The molecule has 0 aromatic heterocycles. The van der Waals surface area contributed by atoms with Crippen LogP contribution in [0.3, 0.4) is 0 Å². The normalized spacial score (nSPS) is 31.5. The van der Waals surface area contributed by atoms with Crippen LogP contribution in [0.4, 0.5) is 0 Å². The van der Waals surface area contributed by atoms with Crippen LogP contribution in [0.1, 0.15) is 30.9 Å². The van der Waals surface area contributed by atoms with Crippen LogP contribution < -0.4 is 0 Å². The molecule has 1 N–H and O–H groups in total. The standard InChI is InChI=1S/C13H18OS/c1-10-3-5-12(6-4-10)13(14)8-7-11(2)15-9-13/h3-6,11,14H,7-9H2,1-2H3/t11-,13-/m1/s1. The molecule has 0 bridgehead atoms. The van der Waals surface area contributed by atoms with Crippen molar-refractivity contribution in [1.82, 2.24) is 0 Å². The zero-order valence-electron chi connectivity index (χ0n) is 9.36. The lowest BCUT2D eigenvalue weighted by atomic mass is 9.89. The third kappa shape index (κ3) is 2.37. The molecule has 2 rings (SSSR count). The van der Waals surface area contributed by atoms with Gasteiger partial charge in [-0.2, -0.15) is 11.8 Å². The van der Waals surface area contributed by atoms with Crippen molar-refractivity contribution in [3.8, 4) is 0 Å². The Morgan fingerprint density at radius 1 is 1.33 bits per heavy atom. The molecule has 0 unspecified atom stereocenters. The quantitative estimate of drug-likeness (QED) is 0.788. The van der Waals surface area contributed by atoms with Gasteiger partial charge in [0.2, 0.25) is 0 Å². The van der Waals surface area contributed by atoms with E-state index in [1.54, 1.807) is 0 Å². The van der Waals surface area contributed by atoms with E-state index in [4.69, 9.17) is 0 Å². The number of aryl methyl sites for hydroxylation is 1. The lowest BCUT2D eigenvalue weighted by Gasteiger charge is -2.35. The highest BCUT2D eigenvalue weighted by molar-refractivity contribution is 7.99. The summed E-state index contributed by atoms with van der Waals surface area (Å²) in [6, 6.07) is 8.28. The Kier molecular flexibility index (Phi) is 3.08. The van der Waals surface area contributed by atoms with Crippen LogP contribution >= 0.6 is 11.8 Å². The van der Waals surface area contributed by atoms with E-state index in [2.05, 4.69) is 38.1 Å². The Bertz CT molecular complexity index is 323. The van der Waals surface area contributed by atoms with Gasteiger partial charge in [0.25, 0.3) is 0 Å². The Morgan fingerprint density at radius 3 is 2.53 bits per heavy atom. The molecular weight excluding hydrogens is 204 g/mol. The second-order valence-corrected chi connectivity index (χ2v) is 5.98. The average molecular weight is 222 g/mol. The smallest absolute Gasteiger partial charge is 0.0987 e. The maximum atomic E-state index is 10.5. The first-order valence-corrected chi connectivity index (χ1v) is 6.56. The molecule has 0 aliphatic carbocycles. The Morgan fingerprint density at radius 2 is 2.00 bits per heavy atom. The van der Waals surface area contributed by atoms with E-state index in [9.17, 15) is 5.11 Å². The molecule has 0 spiro atoms. The monoisotopic (exact) mass is 222 g/mol. The van der Waals surface area contributed by atoms with Crippen molar-refractivity contribution in [2.75, 3.05) is 5.75 Å². The summed E-state index contributed by atoms with van der Waals surface area (Å²) in [6.45, 7) is 4.31. The topological polar surface area (TPSA) is 20.2 Å². The zero-order chi connectivity index (χ0) is 10.9. The van der Waals surface area contributed by atoms with E-state index in [1.807, 2.05) is 11.8 Å². The molecule has 1 aliphatic heterocycles. The van der Waals surface area contributed by atoms with Gasteiger partial charge in [0.15, 0.2) is 0 Å². The number of rotatable bonds is 1. The van der Waals surface area contributed by atoms with Gasteiger partial charge < -0.3 is 5.11 Å². The Labute approximate surface area is 95.9 Å². The molecule has 0 radical (unpaired) electrons. The van der Waals surface area contributed by atoms with Gasteiger partial charge in [-0.3, -0.25) is 0 Å². The predicted octanol–water partition coefficient (Wildman–Crippen LogP) is 3.10. The molecule has 1 aromatic rings. The lowest BCUT2D eigenvalue weighted by Crippen LogP contribution is -2.33.